The topological polar surface area (TPSA) is 50.9 Å². The zero-order chi connectivity index (χ0) is 11.7. The van der Waals surface area contributed by atoms with Crippen LogP contribution < -0.4 is 0 Å². The Morgan fingerprint density at radius 3 is 2.56 bits per heavy atom. The summed E-state index contributed by atoms with van der Waals surface area (Å²) in [6.45, 7) is 6.54. The molecule has 0 aromatic carbocycles. The molecule has 1 fully saturated rings. The number of nitrogens with zero attached hydrogens (tertiary/aromatic N) is 3. The minimum Gasteiger partial charge on any atom is -0.390 e. The van der Waals surface area contributed by atoms with Crippen molar-refractivity contribution in [1.29, 1.82) is 0 Å². The molecule has 1 saturated carbocycles. The second-order valence-electron chi connectivity index (χ2n) is 5.22. The maximum atomic E-state index is 9.27. The fourth-order valence-corrected chi connectivity index (χ4v) is 1.89. The Morgan fingerprint density at radius 1 is 1.38 bits per heavy atom. The zero-order valence-corrected chi connectivity index (χ0v) is 10.3. The van der Waals surface area contributed by atoms with Crippen LogP contribution in [0, 0.1) is 11.8 Å². The summed E-state index contributed by atoms with van der Waals surface area (Å²) in [4.78, 5) is 0. The SMILES string of the molecule is CC(C)C(C)n1nnc(CO)c1CC1CC1. The highest BCUT2D eigenvalue weighted by atomic mass is 16.3. The molecule has 1 aromatic heterocycles. The van der Waals surface area contributed by atoms with E-state index in [4.69, 9.17) is 0 Å². The van der Waals surface area contributed by atoms with Crippen LogP contribution in [0.5, 0.6) is 0 Å². The Hall–Kier alpha value is -0.900. The van der Waals surface area contributed by atoms with Crippen LogP contribution in [0.1, 0.15) is 51.0 Å². The van der Waals surface area contributed by atoms with Crippen LogP contribution in [0.15, 0.2) is 0 Å². The number of rotatable bonds is 5. The van der Waals surface area contributed by atoms with Crippen molar-refractivity contribution < 1.29 is 5.11 Å². The summed E-state index contributed by atoms with van der Waals surface area (Å²) < 4.78 is 2.01. The summed E-state index contributed by atoms with van der Waals surface area (Å²) in [6, 6.07) is 0.349. The Balaban J connectivity index is 2.24. The minimum atomic E-state index is 0.00681. The van der Waals surface area contributed by atoms with Gasteiger partial charge in [-0.05, 0) is 38.0 Å². The first-order chi connectivity index (χ1) is 7.63. The van der Waals surface area contributed by atoms with Gasteiger partial charge in [0.2, 0.25) is 0 Å². The highest BCUT2D eigenvalue weighted by molar-refractivity contribution is 5.12. The van der Waals surface area contributed by atoms with E-state index in [1.807, 2.05) is 4.68 Å². The van der Waals surface area contributed by atoms with Gasteiger partial charge in [-0.1, -0.05) is 19.1 Å². The van der Waals surface area contributed by atoms with E-state index in [-0.39, 0.29) is 6.61 Å². The third kappa shape index (κ3) is 2.26. The number of hydrogen-bond donors (Lipinski definition) is 1. The van der Waals surface area contributed by atoms with Crippen LogP contribution in [0.2, 0.25) is 0 Å². The molecule has 1 atom stereocenters. The molecule has 1 aliphatic carbocycles. The maximum absolute atomic E-state index is 9.27. The lowest BCUT2D eigenvalue weighted by molar-refractivity contribution is 0.275. The molecule has 4 nitrogen and oxygen atoms in total. The van der Waals surface area contributed by atoms with Crippen molar-refractivity contribution in [3.8, 4) is 0 Å². The summed E-state index contributed by atoms with van der Waals surface area (Å²) in [5.74, 6) is 1.33. The van der Waals surface area contributed by atoms with Crippen molar-refractivity contribution in [3.05, 3.63) is 11.4 Å². The van der Waals surface area contributed by atoms with Crippen LogP contribution in [0.3, 0.4) is 0 Å². The van der Waals surface area contributed by atoms with Crippen molar-refractivity contribution in [3.63, 3.8) is 0 Å². The second-order valence-corrected chi connectivity index (χ2v) is 5.22. The van der Waals surface area contributed by atoms with E-state index in [1.165, 1.54) is 12.8 Å². The number of aliphatic hydroxyl groups excluding tert-OH is 1. The number of hydrogen-bond acceptors (Lipinski definition) is 3. The monoisotopic (exact) mass is 223 g/mol. The van der Waals surface area contributed by atoms with E-state index in [1.54, 1.807) is 0 Å². The van der Waals surface area contributed by atoms with Gasteiger partial charge in [-0.25, -0.2) is 4.68 Å². The molecule has 1 aromatic rings. The summed E-state index contributed by atoms with van der Waals surface area (Å²) in [5, 5.41) is 17.5. The van der Waals surface area contributed by atoms with Gasteiger partial charge in [-0.3, -0.25) is 0 Å². The quantitative estimate of drug-likeness (QED) is 0.830. The van der Waals surface area contributed by atoms with E-state index in [0.29, 0.717) is 12.0 Å². The standard InChI is InChI=1S/C12H21N3O/c1-8(2)9(3)15-12(6-10-4-5-10)11(7-16)13-14-15/h8-10,16H,4-7H2,1-3H3. The summed E-state index contributed by atoms with van der Waals surface area (Å²) in [7, 11) is 0. The molecule has 0 spiro atoms. The highest BCUT2D eigenvalue weighted by Gasteiger charge is 2.27. The molecule has 4 heteroatoms. The van der Waals surface area contributed by atoms with Crippen molar-refractivity contribution in [2.24, 2.45) is 11.8 Å². The molecule has 0 radical (unpaired) electrons. The average molecular weight is 223 g/mol. The van der Waals surface area contributed by atoms with Gasteiger partial charge in [0, 0.05) is 0 Å². The molecule has 1 aliphatic rings. The molecule has 0 bridgehead atoms. The van der Waals surface area contributed by atoms with Crippen LogP contribution >= 0.6 is 0 Å². The average Bonchev–Trinajstić information content (AvgIpc) is 2.97. The molecular formula is C12H21N3O. The largest absolute Gasteiger partial charge is 0.390 e. The van der Waals surface area contributed by atoms with Gasteiger partial charge >= 0.3 is 0 Å². The molecule has 1 N–H and O–H groups in total. The van der Waals surface area contributed by atoms with Crippen LogP contribution in [0.25, 0.3) is 0 Å². The fraction of sp³-hybridized carbons (Fsp3) is 0.833. The summed E-state index contributed by atoms with van der Waals surface area (Å²) >= 11 is 0. The third-order valence-electron chi connectivity index (χ3n) is 3.55. The van der Waals surface area contributed by atoms with Gasteiger partial charge < -0.3 is 5.11 Å². The van der Waals surface area contributed by atoms with Gasteiger partial charge in [0.1, 0.15) is 5.69 Å². The van der Waals surface area contributed by atoms with Gasteiger partial charge in [0.15, 0.2) is 0 Å². The first-order valence-corrected chi connectivity index (χ1v) is 6.17. The first kappa shape index (κ1) is 11.6. The number of aliphatic hydroxyl groups is 1. The van der Waals surface area contributed by atoms with Gasteiger partial charge in [0.05, 0.1) is 18.3 Å². The van der Waals surface area contributed by atoms with Crippen LogP contribution in [0.4, 0.5) is 0 Å². The predicted octanol–water partition coefficient (Wildman–Crippen LogP) is 1.94. The maximum Gasteiger partial charge on any atom is 0.111 e. The van der Waals surface area contributed by atoms with E-state index >= 15 is 0 Å². The normalized spacial score (nSPS) is 18.1. The molecule has 0 aliphatic heterocycles. The molecule has 2 rings (SSSR count). The van der Waals surface area contributed by atoms with Crippen molar-refractivity contribution in [2.75, 3.05) is 0 Å². The van der Waals surface area contributed by atoms with E-state index in [0.717, 1.165) is 23.7 Å². The van der Waals surface area contributed by atoms with Crippen molar-refractivity contribution in [2.45, 2.75) is 52.7 Å². The van der Waals surface area contributed by atoms with E-state index < -0.39 is 0 Å². The third-order valence-corrected chi connectivity index (χ3v) is 3.55. The summed E-state index contributed by atoms with van der Waals surface area (Å²) in [5.41, 5.74) is 1.91. The van der Waals surface area contributed by atoms with Crippen molar-refractivity contribution in [1.82, 2.24) is 15.0 Å². The second kappa shape index (κ2) is 4.53. The molecule has 90 valence electrons. The Labute approximate surface area is 96.7 Å². The molecule has 0 saturated heterocycles. The lowest BCUT2D eigenvalue weighted by Crippen LogP contribution is -2.16. The fourth-order valence-electron chi connectivity index (χ4n) is 1.89. The van der Waals surface area contributed by atoms with Gasteiger partial charge in [-0.15, -0.1) is 5.10 Å². The van der Waals surface area contributed by atoms with E-state index in [2.05, 4.69) is 31.1 Å². The molecular weight excluding hydrogens is 202 g/mol. The Morgan fingerprint density at radius 2 is 2.06 bits per heavy atom. The number of aromatic nitrogens is 3. The van der Waals surface area contributed by atoms with Crippen LogP contribution in [-0.4, -0.2) is 20.1 Å². The summed E-state index contributed by atoms with van der Waals surface area (Å²) in [6.07, 6.45) is 3.65. The lowest BCUT2D eigenvalue weighted by Gasteiger charge is -2.18. The lowest BCUT2D eigenvalue weighted by atomic mass is 10.1. The van der Waals surface area contributed by atoms with Gasteiger partial charge in [0.25, 0.3) is 0 Å². The first-order valence-electron chi connectivity index (χ1n) is 6.17. The van der Waals surface area contributed by atoms with E-state index in [9.17, 15) is 5.11 Å². The molecule has 1 unspecified atom stereocenters. The molecule has 16 heavy (non-hydrogen) atoms. The Kier molecular flexibility index (Phi) is 3.28. The van der Waals surface area contributed by atoms with Gasteiger partial charge in [-0.2, -0.15) is 0 Å². The molecule has 1 heterocycles. The minimum absolute atomic E-state index is 0.00681. The predicted molar refractivity (Wildman–Crippen MR) is 61.9 cm³/mol. The van der Waals surface area contributed by atoms with Crippen molar-refractivity contribution >= 4 is 0 Å². The smallest absolute Gasteiger partial charge is 0.111 e. The Bertz CT molecular complexity index is 355. The highest BCUT2D eigenvalue weighted by Crippen LogP contribution is 2.34. The van der Waals surface area contributed by atoms with Crippen LogP contribution in [-0.2, 0) is 13.0 Å². The molecule has 0 amide bonds. The zero-order valence-electron chi connectivity index (χ0n) is 10.3.